The van der Waals surface area contributed by atoms with Crippen LogP contribution in [0.1, 0.15) is 17.8 Å². The van der Waals surface area contributed by atoms with E-state index in [2.05, 4.69) is 15.0 Å². The smallest absolute Gasteiger partial charge is 0.396 e. The van der Waals surface area contributed by atoms with Gasteiger partial charge in [0.15, 0.2) is 0 Å². The molecule has 1 aromatic carbocycles. The van der Waals surface area contributed by atoms with Gasteiger partial charge in [0.2, 0.25) is 0 Å². The number of halogens is 3. The number of fused-ring (bicyclic) bond motifs is 3. The molecule has 5 nitrogen and oxygen atoms in total. The van der Waals surface area contributed by atoms with Gasteiger partial charge in [-0.3, -0.25) is 0 Å². The third-order valence-corrected chi connectivity index (χ3v) is 3.40. The van der Waals surface area contributed by atoms with E-state index >= 15 is 0 Å². The lowest BCUT2D eigenvalue weighted by molar-refractivity contribution is -0.137. The number of nitrogen functional groups attached to an aromatic ring is 1. The number of aromatic nitrogens is 3. The van der Waals surface area contributed by atoms with Crippen molar-refractivity contribution in [2.24, 2.45) is 0 Å². The number of benzene rings is 1. The van der Waals surface area contributed by atoms with Crippen LogP contribution in [-0.4, -0.2) is 26.7 Å². The number of rotatable bonds is 3. The molecule has 0 amide bonds. The van der Waals surface area contributed by atoms with Crippen LogP contribution in [0, 0.1) is 0 Å². The SMILES string of the molecule is Nc1nc2cc(C(F)(F)F)ccc2c2nc(CCCO)[nH]c12. The van der Waals surface area contributed by atoms with Gasteiger partial charge in [-0.1, -0.05) is 0 Å². The Balaban J connectivity index is 2.20. The number of alkyl halides is 3. The Labute approximate surface area is 123 Å². The van der Waals surface area contributed by atoms with Gasteiger partial charge < -0.3 is 15.8 Å². The van der Waals surface area contributed by atoms with Crippen LogP contribution in [0.3, 0.4) is 0 Å². The van der Waals surface area contributed by atoms with Gasteiger partial charge in [-0.2, -0.15) is 13.2 Å². The van der Waals surface area contributed by atoms with Crippen molar-refractivity contribution in [1.29, 1.82) is 0 Å². The number of pyridine rings is 1. The van der Waals surface area contributed by atoms with Gasteiger partial charge in [-0.25, -0.2) is 9.97 Å². The van der Waals surface area contributed by atoms with E-state index in [1.54, 1.807) is 0 Å². The number of aliphatic hydroxyl groups excluding tert-OH is 1. The average molecular weight is 310 g/mol. The van der Waals surface area contributed by atoms with Crippen LogP contribution >= 0.6 is 0 Å². The zero-order valence-electron chi connectivity index (χ0n) is 11.4. The fourth-order valence-electron chi connectivity index (χ4n) is 2.35. The Bertz CT molecular complexity index is 841. The number of hydrogen-bond donors (Lipinski definition) is 3. The number of anilines is 1. The summed E-state index contributed by atoms with van der Waals surface area (Å²) in [6, 6.07) is 3.32. The number of nitrogens with zero attached hydrogens (tertiary/aromatic N) is 2. The summed E-state index contributed by atoms with van der Waals surface area (Å²) in [4.78, 5) is 11.4. The maximum absolute atomic E-state index is 12.8. The molecule has 3 aromatic rings. The molecule has 22 heavy (non-hydrogen) atoms. The largest absolute Gasteiger partial charge is 0.416 e. The maximum Gasteiger partial charge on any atom is 0.416 e. The molecule has 0 saturated heterocycles. The minimum Gasteiger partial charge on any atom is -0.396 e. The second-order valence-corrected chi connectivity index (χ2v) is 4.96. The van der Waals surface area contributed by atoms with Crippen LogP contribution in [0.25, 0.3) is 21.9 Å². The Morgan fingerprint density at radius 1 is 1.23 bits per heavy atom. The Hall–Kier alpha value is -2.35. The molecular weight excluding hydrogens is 297 g/mol. The van der Waals surface area contributed by atoms with Gasteiger partial charge in [0.05, 0.1) is 11.1 Å². The Morgan fingerprint density at radius 2 is 2.00 bits per heavy atom. The average Bonchev–Trinajstić information content (AvgIpc) is 2.88. The highest BCUT2D eigenvalue weighted by Crippen LogP contribution is 2.33. The molecular formula is C14H13F3N4O. The predicted molar refractivity (Wildman–Crippen MR) is 76.2 cm³/mol. The Kier molecular flexibility index (Phi) is 3.40. The molecule has 2 aromatic heterocycles. The van der Waals surface area contributed by atoms with Crippen molar-refractivity contribution in [1.82, 2.24) is 15.0 Å². The fraction of sp³-hybridized carbons (Fsp3) is 0.286. The highest BCUT2D eigenvalue weighted by molar-refractivity contribution is 6.06. The number of aryl methyl sites for hydroxylation is 1. The van der Waals surface area contributed by atoms with Crippen molar-refractivity contribution in [2.45, 2.75) is 19.0 Å². The van der Waals surface area contributed by atoms with Gasteiger partial charge in [-0.15, -0.1) is 0 Å². The maximum atomic E-state index is 12.8. The lowest BCUT2D eigenvalue weighted by Crippen LogP contribution is -2.05. The standard InChI is InChI=1S/C14H13F3N4O/c15-14(16,17)7-3-4-8-9(6-7)19-13(18)12-11(8)20-10(21-12)2-1-5-22/h3-4,6,22H,1-2,5H2,(H2,18,19)(H,20,21). The molecule has 0 bridgehead atoms. The molecule has 0 saturated carbocycles. The summed E-state index contributed by atoms with van der Waals surface area (Å²) >= 11 is 0. The molecule has 0 unspecified atom stereocenters. The Morgan fingerprint density at radius 3 is 2.68 bits per heavy atom. The van der Waals surface area contributed by atoms with Crippen molar-refractivity contribution in [3.63, 3.8) is 0 Å². The summed E-state index contributed by atoms with van der Waals surface area (Å²) in [6.45, 7) is 0.0282. The highest BCUT2D eigenvalue weighted by atomic mass is 19.4. The van der Waals surface area contributed by atoms with Gasteiger partial charge in [0, 0.05) is 18.4 Å². The molecule has 0 fully saturated rings. The second-order valence-electron chi connectivity index (χ2n) is 4.96. The minimum atomic E-state index is -4.43. The molecule has 0 aliphatic heterocycles. The number of nitrogens with two attached hydrogens (primary N) is 1. The van der Waals surface area contributed by atoms with Crippen molar-refractivity contribution in [3.8, 4) is 0 Å². The minimum absolute atomic E-state index is 0.0282. The number of aromatic amines is 1. The third-order valence-electron chi connectivity index (χ3n) is 3.40. The van der Waals surface area contributed by atoms with Crippen LogP contribution < -0.4 is 5.73 Å². The topological polar surface area (TPSA) is 87.8 Å². The molecule has 0 aliphatic rings. The first-order chi connectivity index (χ1) is 10.4. The molecule has 3 rings (SSSR count). The number of H-pyrrole nitrogens is 1. The van der Waals surface area contributed by atoms with Gasteiger partial charge in [0.25, 0.3) is 0 Å². The lowest BCUT2D eigenvalue weighted by Gasteiger charge is -2.08. The van der Waals surface area contributed by atoms with Crippen molar-refractivity contribution in [2.75, 3.05) is 12.3 Å². The molecule has 116 valence electrons. The summed E-state index contributed by atoms with van der Waals surface area (Å²) in [5, 5.41) is 9.35. The van der Waals surface area contributed by atoms with E-state index in [-0.39, 0.29) is 17.9 Å². The van der Waals surface area contributed by atoms with E-state index in [0.29, 0.717) is 35.1 Å². The molecule has 0 atom stereocenters. The molecule has 8 heteroatoms. The van der Waals surface area contributed by atoms with Crippen LogP contribution in [-0.2, 0) is 12.6 Å². The zero-order valence-corrected chi connectivity index (χ0v) is 11.4. The molecule has 2 heterocycles. The summed E-state index contributed by atoms with van der Waals surface area (Å²) in [7, 11) is 0. The number of aliphatic hydroxyl groups is 1. The van der Waals surface area contributed by atoms with Crippen molar-refractivity contribution >= 4 is 27.8 Å². The van der Waals surface area contributed by atoms with Gasteiger partial charge in [-0.05, 0) is 24.6 Å². The van der Waals surface area contributed by atoms with Gasteiger partial charge >= 0.3 is 6.18 Å². The zero-order chi connectivity index (χ0) is 15.9. The van der Waals surface area contributed by atoms with Crippen LogP contribution in [0.2, 0.25) is 0 Å². The summed E-state index contributed by atoms with van der Waals surface area (Å²) < 4.78 is 38.3. The normalized spacial score (nSPS) is 12.4. The monoisotopic (exact) mass is 310 g/mol. The fourth-order valence-corrected chi connectivity index (χ4v) is 2.35. The first-order valence-electron chi connectivity index (χ1n) is 6.66. The lowest BCUT2D eigenvalue weighted by atomic mass is 10.1. The van der Waals surface area contributed by atoms with Crippen molar-refractivity contribution in [3.05, 3.63) is 29.6 Å². The van der Waals surface area contributed by atoms with Crippen LogP contribution in [0.4, 0.5) is 19.0 Å². The van der Waals surface area contributed by atoms with E-state index in [4.69, 9.17) is 10.8 Å². The molecule has 0 spiro atoms. The molecule has 4 N–H and O–H groups in total. The van der Waals surface area contributed by atoms with Gasteiger partial charge in [0.1, 0.15) is 22.7 Å². The number of hydrogen-bond acceptors (Lipinski definition) is 4. The second kappa shape index (κ2) is 5.13. The summed E-state index contributed by atoms with van der Waals surface area (Å²) in [5.74, 6) is 0.717. The number of imidazole rings is 1. The highest BCUT2D eigenvalue weighted by Gasteiger charge is 2.30. The van der Waals surface area contributed by atoms with E-state index < -0.39 is 11.7 Å². The summed E-state index contributed by atoms with van der Waals surface area (Å²) in [6.07, 6.45) is -3.38. The first-order valence-corrected chi connectivity index (χ1v) is 6.66. The van der Waals surface area contributed by atoms with Crippen molar-refractivity contribution < 1.29 is 18.3 Å². The predicted octanol–water partition coefficient (Wildman–Crippen LogP) is 2.64. The molecule has 0 radical (unpaired) electrons. The summed E-state index contributed by atoms with van der Waals surface area (Å²) in [5.41, 5.74) is 6.18. The number of nitrogens with one attached hydrogen (secondary N) is 1. The van der Waals surface area contributed by atoms with E-state index in [1.807, 2.05) is 0 Å². The van der Waals surface area contributed by atoms with Crippen LogP contribution in [0.15, 0.2) is 18.2 Å². The quantitative estimate of drug-likeness (QED) is 0.694. The third kappa shape index (κ3) is 2.45. The molecule has 0 aliphatic carbocycles. The van der Waals surface area contributed by atoms with E-state index in [1.165, 1.54) is 6.07 Å². The van der Waals surface area contributed by atoms with E-state index in [9.17, 15) is 13.2 Å². The van der Waals surface area contributed by atoms with Crippen LogP contribution in [0.5, 0.6) is 0 Å². The first kappa shape index (κ1) is 14.6. The van der Waals surface area contributed by atoms with E-state index in [0.717, 1.165) is 12.1 Å².